The van der Waals surface area contributed by atoms with Crippen molar-refractivity contribution in [2.75, 3.05) is 5.75 Å². The molecule has 1 N–H and O–H groups in total. The highest BCUT2D eigenvalue weighted by molar-refractivity contribution is 7.99. The average molecular weight is 326 g/mol. The lowest BCUT2D eigenvalue weighted by Crippen LogP contribution is -2.03. The maximum absolute atomic E-state index is 10.9. The molecule has 0 aliphatic heterocycles. The van der Waals surface area contributed by atoms with Gasteiger partial charge in [-0.3, -0.25) is 14.3 Å². The number of pyridine rings is 1. The number of hydrogen-bond donors (Lipinski definition) is 1. The zero-order valence-corrected chi connectivity index (χ0v) is 13.2. The summed E-state index contributed by atoms with van der Waals surface area (Å²) in [5, 5.41) is 17.8. The van der Waals surface area contributed by atoms with E-state index >= 15 is 0 Å². The molecule has 2 heterocycles. The van der Waals surface area contributed by atoms with E-state index in [-0.39, 0.29) is 5.75 Å². The van der Waals surface area contributed by atoms with Gasteiger partial charge in [-0.15, -0.1) is 10.2 Å². The van der Waals surface area contributed by atoms with Crippen molar-refractivity contribution in [3.8, 4) is 17.1 Å². The van der Waals surface area contributed by atoms with Crippen molar-refractivity contribution in [1.29, 1.82) is 0 Å². The fourth-order valence-corrected chi connectivity index (χ4v) is 2.77. The quantitative estimate of drug-likeness (QED) is 0.726. The lowest BCUT2D eigenvalue weighted by atomic mass is 10.2. The van der Waals surface area contributed by atoms with E-state index in [1.807, 2.05) is 47.9 Å². The number of hydrogen-bond acceptors (Lipinski definition) is 5. The summed E-state index contributed by atoms with van der Waals surface area (Å²) in [5.41, 5.74) is 2.85. The van der Waals surface area contributed by atoms with Gasteiger partial charge < -0.3 is 5.11 Å². The highest BCUT2D eigenvalue weighted by Crippen LogP contribution is 2.27. The molecule has 3 rings (SSSR count). The van der Waals surface area contributed by atoms with E-state index in [0.29, 0.717) is 11.0 Å². The number of rotatable bonds is 5. The first kappa shape index (κ1) is 15.2. The maximum atomic E-state index is 10.9. The molecule has 3 aromatic rings. The van der Waals surface area contributed by atoms with Crippen LogP contribution in [-0.2, 0) is 4.79 Å². The largest absolute Gasteiger partial charge is 0.481 e. The zero-order valence-electron chi connectivity index (χ0n) is 12.4. The Bertz CT molecular complexity index is 816. The summed E-state index contributed by atoms with van der Waals surface area (Å²) in [6.07, 6.45) is 3.40. The first-order chi connectivity index (χ1) is 11.1. The first-order valence-corrected chi connectivity index (χ1v) is 7.91. The number of benzene rings is 1. The Balaban J connectivity index is 2.10. The molecule has 0 unspecified atom stereocenters. The summed E-state index contributed by atoms with van der Waals surface area (Å²) >= 11 is 1.14. The number of aliphatic carboxylic acids is 1. The second kappa shape index (κ2) is 6.62. The number of carboxylic acid groups (broad SMARTS) is 1. The predicted octanol–water partition coefficient (Wildman–Crippen LogP) is 2.81. The molecule has 0 aliphatic rings. The van der Waals surface area contributed by atoms with Crippen molar-refractivity contribution in [3.63, 3.8) is 0 Å². The molecule has 0 amide bonds. The van der Waals surface area contributed by atoms with Gasteiger partial charge in [-0.2, -0.15) is 0 Å². The van der Waals surface area contributed by atoms with E-state index in [1.54, 1.807) is 12.4 Å². The summed E-state index contributed by atoms with van der Waals surface area (Å²) < 4.78 is 1.85. The van der Waals surface area contributed by atoms with E-state index in [1.165, 1.54) is 0 Å². The van der Waals surface area contributed by atoms with Gasteiger partial charge in [0.15, 0.2) is 11.0 Å². The maximum Gasteiger partial charge on any atom is 0.313 e. The minimum absolute atomic E-state index is 0.0724. The van der Waals surface area contributed by atoms with Crippen LogP contribution in [0.4, 0.5) is 0 Å². The molecule has 0 saturated heterocycles. The molecule has 1 aromatic carbocycles. The first-order valence-electron chi connectivity index (χ1n) is 6.92. The van der Waals surface area contributed by atoms with Crippen molar-refractivity contribution in [2.45, 2.75) is 12.1 Å². The Kier molecular flexibility index (Phi) is 4.38. The van der Waals surface area contributed by atoms with E-state index in [9.17, 15) is 4.79 Å². The third kappa shape index (κ3) is 3.40. The molecule has 6 nitrogen and oxygen atoms in total. The number of thioether (sulfide) groups is 1. The average Bonchev–Trinajstić information content (AvgIpc) is 2.98. The minimum atomic E-state index is -0.892. The monoisotopic (exact) mass is 326 g/mol. The molecule has 23 heavy (non-hydrogen) atoms. The van der Waals surface area contributed by atoms with Gasteiger partial charge in [0, 0.05) is 23.6 Å². The number of aryl methyl sites for hydroxylation is 1. The molecule has 0 spiro atoms. The van der Waals surface area contributed by atoms with E-state index in [4.69, 9.17) is 5.11 Å². The van der Waals surface area contributed by atoms with E-state index in [0.717, 1.165) is 28.6 Å². The van der Waals surface area contributed by atoms with Crippen molar-refractivity contribution in [2.24, 2.45) is 0 Å². The van der Waals surface area contributed by atoms with Gasteiger partial charge >= 0.3 is 5.97 Å². The van der Waals surface area contributed by atoms with Crippen LogP contribution in [0.5, 0.6) is 0 Å². The molecule has 116 valence electrons. The highest BCUT2D eigenvalue weighted by Gasteiger charge is 2.17. The molecular formula is C16H14N4O2S. The minimum Gasteiger partial charge on any atom is -0.481 e. The van der Waals surface area contributed by atoms with Crippen molar-refractivity contribution in [1.82, 2.24) is 19.7 Å². The third-order valence-electron chi connectivity index (χ3n) is 3.17. The van der Waals surface area contributed by atoms with Gasteiger partial charge in [-0.25, -0.2) is 0 Å². The summed E-state index contributed by atoms with van der Waals surface area (Å²) in [5.74, 6) is -0.331. The van der Waals surface area contributed by atoms with Crippen LogP contribution >= 0.6 is 11.8 Å². The van der Waals surface area contributed by atoms with Crippen LogP contribution in [0.2, 0.25) is 0 Å². The predicted molar refractivity (Wildman–Crippen MR) is 87.7 cm³/mol. The van der Waals surface area contributed by atoms with Gasteiger partial charge in [-0.1, -0.05) is 29.5 Å². The number of nitrogens with zero attached hydrogens (tertiary/aromatic N) is 4. The molecule has 0 radical (unpaired) electrons. The van der Waals surface area contributed by atoms with Crippen LogP contribution in [0.15, 0.2) is 53.9 Å². The third-order valence-corrected chi connectivity index (χ3v) is 4.08. The Labute approximate surface area is 137 Å². The van der Waals surface area contributed by atoms with Gasteiger partial charge in [0.2, 0.25) is 0 Å². The molecule has 0 bridgehead atoms. The Morgan fingerprint density at radius 2 is 2.00 bits per heavy atom. The molecule has 0 saturated carbocycles. The Hall–Kier alpha value is -2.67. The summed E-state index contributed by atoms with van der Waals surface area (Å²) in [6.45, 7) is 2.01. The molecular weight excluding hydrogens is 312 g/mol. The summed E-state index contributed by atoms with van der Waals surface area (Å²) in [6, 6.07) is 11.6. The number of carbonyl (C=O) groups is 1. The van der Waals surface area contributed by atoms with Gasteiger partial charge in [0.05, 0.1) is 5.75 Å². The Morgan fingerprint density at radius 1 is 1.22 bits per heavy atom. The Morgan fingerprint density at radius 3 is 2.65 bits per heavy atom. The number of aromatic nitrogens is 4. The van der Waals surface area contributed by atoms with E-state index in [2.05, 4.69) is 15.2 Å². The second-order valence-corrected chi connectivity index (χ2v) is 5.84. The van der Waals surface area contributed by atoms with Crippen LogP contribution in [0.1, 0.15) is 5.56 Å². The zero-order chi connectivity index (χ0) is 16.2. The van der Waals surface area contributed by atoms with Crippen molar-refractivity contribution >= 4 is 17.7 Å². The van der Waals surface area contributed by atoms with Crippen LogP contribution in [0, 0.1) is 6.92 Å². The van der Waals surface area contributed by atoms with Crippen LogP contribution in [-0.4, -0.2) is 36.6 Å². The molecule has 0 fully saturated rings. The number of carboxylic acids is 1. The normalized spacial score (nSPS) is 10.7. The fourth-order valence-electron chi connectivity index (χ4n) is 2.10. The standard InChI is InChI=1S/C16H14N4O2S/c1-11-4-6-13(7-5-11)20-15(12-3-2-8-17-9-12)18-19-16(20)23-10-14(21)22/h2-9H,10H2,1H3,(H,21,22). The molecule has 0 aliphatic carbocycles. The summed E-state index contributed by atoms with van der Waals surface area (Å²) in [7, 11) is 0. The topological polar surface area (TPSA) is 80.9 Å². The smallest absolute Gasteiger partial charge is 0.313 e. The van der Waals surface area contributed by atoms with Crippen molar-refractivity contribution in [3.05, 3.63) is 54.4 Å². The van der Waals surface area contributed by atoms with Gasteiger partial charge in [0.1, 0.15) is 0 Å². The lowest BCUT2D eigenvalue weighted by molar-refractivity contribution is -0.133. The SMILES string of the molecule is Cc1ccc(-n2c(SCC(=O)O)nnc2-c2cccnc2)cc1. The fraction of sp³-hybridized carbons (Fsp3) is 0.125. The van der Waals surface area contributed by atoms with Crippen molar-refractivity contribution < 1.29 is 9.90 Å². The summed E-state index contributed by atoms with van der Waals surface area (Å²) in [4.78, 5) is 15.0. The lowest BCUT2D eigenvalue weighted by Gasteiger charge is -2.10. The van der Waals surface area contributed by atoms with Gasteiger partial charge in [-0.05, 0) is 31.2 Å². The van der Waals surface area contributed by atoms with Gasteiger partial charge in [0.25, 0.3) is 0 Å². The molecule has 7 heteroatoms. The molecule has 2 aromatic heterocycles. The van der Waals surface area contributed by atoms with Crippen LogP contribution in [0.25, 0.3) is 17.1 Å². The second-order valence-electron chi connectivity index (χ2n) is 4.90. The highest BCUT2D eigenvalue weighted by atomic mass is 32.2. The molecule has 0 atom stereocenters. The van der Waals surface area contributed by atoms with Crippen LogP contribution < -0.4 is 0 Å². The van der Waals surface area contributed by atoms with E-state index < -0.39 is 5.97 Å². The van der Waals surface area contributed by atoms with Crippen LogP contribution in [0.3, 0.4) is 0 Å².